The number of carbonyl (C=O) groups excluding carboxylic acids is 2. The van der Waals surface area contributed by atoms with E-state index in [1.54, 1.807) is 0 Å². The fourth-order valence-electron chi connectivity index (χ4n) is 0.942. The zero-order valence-electron chi connectivity index (χ0n) is 8.76. The Morgan fingerprint density at radius 2 is 1.65 bits per heavy atom. The lowest BCUT2D eigenvalue weighted by atomic mass is 10.1. The van der Waals surface area contributed by atoms with Gasteiger partial charge < -0.3 is 29.7 Å². The van der Waals surface area contributed by atoms with Gasteiger partial charge in [-0.2, -0.15) is 0 Å². The Labute approximate surface area is 96.5 Å². The summed E-state index contributed by atoms with van der Waals surface area (Å²) in [5.74, 6) is -2.35. The van der Waals surface area contributed by atoms with Gasteiger partial charge in [-0.1, -0.05) is 6.92 Å². The summed E-state index contributed by atoms with van der Waals surface area (Å²) >= 11 is 0. The number of aldehydes is 1. The highest BCUT2D eigenvalue weighted by Gasteiger charge is 2.45. The van der Waals surface area contributed by atoms with Crippen LogP contribution in [0.4, 0.5) is 0 Å². The van der Waals surface area contributed by atoms with Crippen molar-refractivity contribution in [3.63, 3.8) is 0 Å². The van der Waals surface area contributed by atoms with Gasteiger partial charge in [0.1, 0.15) is 6.29 Å². The Hall–Kier alpha value is -0.560. The average molecular weight is 289 g/mol. The quantitative estimate of drug-likeness (QED) is 0.235. The molecule has 0 saturated heterocycles. The summed E-state index contributed by atoms with van der Waals surface area (Å²) in [7, 11) is -10.4. The van der Waals surface area contributed by atoms with Gasteiger partial charge in [-0.15, -0.1) is 0 Å². The molecule has 0 bridgehead atoms. The molecule has 9 nitrogen and oxygen atoms in total. The van der Waals surface area contributed by atoms with Gasteiger partial charge in [0.15, 0.2) is 0 Å². The first kappa shape index (κ1) is 16.4. The van der Waals surface area contributed by atoms with Crippen molar-refractivity contribution in [1.29, 1.82) is 0 Å². The second-order valence-corrected chi connectivity index (χ2v) is 7.01. The molecule has 0 fully saturated rings. The van der Waals surface area contributed by atoms with Crippen LogP contribution in [0.2, 0.25) is 0 Å². The van der Waals surface area contributed by atoms with Gasteiger partial charge in [0.25, 0.3) is 0 Å². The SMILES string of the molecule is CCC(C=O)C(=O)NC(P(=O)(O)O)P(=O)(O)O. The van der Waals surface area contributed by atoms with Crippen molar-refractivity contribution < 1.29 is 38.3 Å². The van der Waals surface area contributed by atoms with Crippen LogP contribution in [0.25, 0.3) is 0 Å². The summed E-state index contributed by atoms with van der Waals surface area (Å²) in [5, 5.41) is 1.50. The van der Waals surface area contributed by atoms with E-state index in [9.17, 15) is 18.7 Å². The molecule has 0 aliphatic carbocycles. The van der Waals surface area contributed by atoms with E-state index in [2.05, 4.69) is 0 Å². The van der Waals surface area contributed by atoms with Crippen LogP contribution in [0.3, 0.4) is 0 Å². The average Bonchev–Trinajstić information content (AvgIpc) is 2.12. The number of rotatable bonds is 6. The molecule has 1 amide bonds. The maximum absolute atomic E-state index is 11.3. The molecule has 0 heterocycles. The van der Waals surface area contributed by atoms with Crippen molar-refractivity contribution in [2.45, 2.75) is 18.9 Å². The molecule has 0 rings (SSSR count). The molecule has 0 spiro atoms. The maximum Gasteiger partial charge on any atom is 0.360 e. The first-order valence-electron chi connectivity index (χ1n) is 4.40. The molecule has 0 aromatic carbocycles. The zero-order chi connectivity index (χ0) is 13.9. The second kappa shape index (κ2) is 5.86. The minimum absolute atomic E-state index is 0.0460. The van der Waals surface area contributed by atoms with E-state index in [0.717, 1.165) is 0 Å². The van der Waals surface area contributed by atoms with Crippen LogP contribution in [-0.4, -0.2) is 37.3 Å². The van der Waals surface area contributed by atoms with E-state index in [-0.39, 0.29) is 12.7 Å². The van der Waals surface area contributed by atoms with Gasteiger partial charge in [-0.3, -0.25) is 13.9 Å². The van der Waals surface area contributed by atoms with Crippen molar-refractivity contribution in [1.82, 2.24) is 5.32 Å². The van der Waals surface area contributed by atoms with E-state index < -0.39 is 32.5 Å². The zero-order valence-corrected chi connectivity index (χ0v) is 10.5. The number of carbonyl (C=O) groups is 2. The molecule has 0 aromatic heterocycles. The second-order valence-electron chi connectivity index (χ2n) is 3.21. The Morgan fingerprint density at radius 1 is 1.24 bits per heavy atom. The first-order chi connectivity index (χ1) is 7.54. The minimum Gasteiger partial charge on any atom is -0.332 e. The standard InChI is InChI=1S/C6H13NO8P2/c1-2-4(3-8)5(9)7-6(16(10,11)12)17(13,14)15/h3-4,6H,2H2,1H3,(H,7,9)(H2,10,11,12)(H2,13,14,15). The fourth-order valence-corrected chi connectivity index (χ4v) is 3.10. The number of hydrogen-bond donors (Lipinski definition) is 5. The monoisotopic (exact) mass is 289 g/mol. The third kappa shape index (κ3) is 5.08. The van der Waals surface area contributed by atoms with E-state index in [1.165, 1.54) is 12.2 Å². The molecule has 0 aliphatic rings. The molecular weight excluding hydrogens is 276 g/mol. The lowest BCUT2D eigenvalue weighted by molar-refractivity contribution is -0.129. The van der Waals surface area contributed by atoms with E-state index >= 15 is 0 Å². The predicted molar refractivity (Wildman–Crippen MR) is 55.9 cm³/mol. The molecule has 0 aromatic rings. The molecule has 11 heteroatoms. The van der Waals surface area contributed by atoms with Crippen molar-refractivity contribution in [3.8, 4) is 0 Å². The van der Waals surface area contributed by atoms with Gasteiger partial charge in [0, 0.05) is 0 Å². The van der Waals surface area contributed by atoms with Gasteiger partial charge >= 0.3 is 15.2 Å². The van der Waals surface area contributed by atoms with Crippen molar-refractivity contribution in [2.75, 3.05) is 0 Å². The Kier molecular flexibility index (Phi) is 5.67. The lowest BCUT2D eigenvalue weighted by Gasteiger charge is -2.21. The van der Waals surface area contributed by atoms with E-state index in [0.29, 0.717) is 0 Å². The lowest BCUT2D eigenvalue weighted by Crippen LogP contribution is -2.39. The molecule has 100 valence electrons. The molecule has 0 saturated carbocycles. The number of hydrogen-bond acceptors (Lipinski definition) is 4. The van der Waals surface area contributed by atoms with E-state index in [1.807, 2.05) is 0 Å². The summed E-state index contributed by atoms with van der Waals surface area (Å²) in [4.78, 5) is 56.5. The predicted octanol–water partition coefficient (Wildman–Crippen LogP) is -1.03. The smallest absolute Gasteiger partial charge is 0.332 e. The van der Waals surface area contributed by atoms with Crippen molar-refractivity contribution in [3.05, 3.63) is 0 Å². The molecule has 1 atom stereocenters. The third-order valence-corrected chi connectivity index (χ3v) is 5.19. The summed E-state index contributed by atoms with van der Waals surface area (Å²) in [6.07, 6.45) is 0.274. The van der Waals surface area contributed by atoms with E-state index in [4.69, 9.17) is 19.6 Å². The third-order valence-electron chi connectivity index (χ3n) is 1.85. The first-order valence-corrected chi connectivity index (χ1v) is 7.76. The van der Waals surface area contributed by atoms with Crippen LogP contribution >= 0.6 is 15.2 Å². The summed E-state index contributed by atoms with van der Waals surface area (Å²) in [5.41, 5.74) is -2.63. The number of nitrogens with one attached hydrogen (secondary N) is 1. The largest absolute Gasteiger partial charge is 0.360 e. The molecule has 5 N–H and O–H groups in total. The maximum atomic E-state index is 11.3. The molecule has 0 radical (unpaired) electrons. The highest BCUT2D eigenvalue weighted by Crippen LogP contribution is 2.58. The summed E-state index contributed by atoms with van der Waals surface area (Å²) < 4.78 is 21.6. The summed E-state index contributed by atoms with van der Waals surface area (Å²) in [6.45, 7) is 1.46. The highest BCUT2D eigenvalue weighted by molar-refractivity contribution is 7.70. The Morgan fingerprint density at radius 3 is 1.88 bits per heavy atom. The molecule has 17 heavy (non-hydrogen) atoms. The van der Waals surface area contributed by atoms with Crippen molar-refractivity contribution in [2.24, 2.45) is 5.92 Å². The van der Waals surface area contributed by atoms with Gasteiger partial charge in [-0.25, -0.2) is 0 Å². The van der Waals surface area contributed by atoms with Gasteiger partial charge in [0.2, 0.25) is 11.4 Å². The van der Waals surface area contributed by atoms with Crippen LogP contribution in [0.15, 0.2) is 0 Å². The molecule has 1 unspecified atom stereocenters. The fraction of sp³-hybridized carbons (Fsp3) is 0.667. The van der Waals surface area contributed by atoms with Crippen LogP contribution in [0.1, 0.15) is 13.3 Å². The number of amides is 1. The normalized spacial score (nSPS) is 14.5. The van der Waals surface area contributed by atoms with Gasteiger partial charge in [0.05, 0.1) is 5.92 Å². The topological polar surface area (TPSA) is 161 Å². The molecular formula is C6H13NO8P2. The summed E-state index contributed by atoms with van der Waals surface area (Å²) in [6, 6.07) is 0. The minimum atomic E-state index is -5.22. The Bertz CT molecular complexity index is 361. The van der Waals surface area contributed by atoms with Crippen LogP contribution in [0.5, 0.6) is 0 Å². The van der Waals surface area contributed by atoms with Crippen LogP contribution in [0, 0.1) is 5.92 Å². The van der Waals surface area contributed by atoms with Crippen LogP contribution in [-0.2, 0) is 18.7 Å². The van der Waals surface area contributed by atoms with Gasteiger partial charge in [-0.05, 0) is 6.42 Å². The molecule has 0 aliphatic heterocycles. The van der Waals surface area contributed by atoms with Crippen molar-refractivity contribution >= 4 is 27.4 Å². The highest BCUT2D eigenvalue weighted by atomic mass is 31.2. The van der Waals surface area contributed by atoms with Crippen LogP contribution < -0.4 is 5.32 Å². The Balaban J connectivity index is 5.04.